The molecule has 1 unspecified atom stereocenters. The minimum atomic E-state index is -3.72. The Bertz CT molecular complexity index is 1210. The molecule has 1 aliphatic rings. The van der Waals surface area contributed by atoms with E-state index in [1.807, 2.05) is 30.5 Å². The molecule has 1 fully saturated rings. The minimum absolute atomic E-state index is 0.0164. The molecular formula is C21H21ClN4O4S2. The summed E-state index contributed by atoms with van der Waals surface area (Å²) in [5.74, 6) is -0.582. The van der Waals surface area contributed by atoms with E-state index < -0.39 is 15.9 Å². The van der Waals surface area contributed by atoms with Gasteiger partial charge in [-0.25, -0.2) is 8.42 Å². The lowest BCUT2D eigenvalue weighted by Gasteiger charge is -2.30. The highest BCUT2D eigenvalue weighted by molar-refractivity contribution is 7.98. The van der Waals surface area contributed by atoms with Gasteiger partial charge in [0.1, 0.15) is 0 Å². The normalized spacial score (nSPS) is 17.2. The van der Waals surface area contributed by atoms with Crippen molar-refractivity contribution in [2.24, 2.45) is 5.92 Å². The number of benzene rings is 2. The fourth-order valence-electron chi connectivity index (χ4n) is 3.48. The maximum absolute atomic E-state index is 12.9. The van der Waals surface area contributed by atoms with E-state index in [2.05, 4.69) is 15.5 Å². The maximum Gasteiger partial charge on any atom is 0.322 e. The Labute approximate surface area is 195 Å². The number of anilines is 1. The Morgan fingerprint density at radius 3 is 2.75 bits per heavy atom. The van der Waals surface area contributed by atoms with Crippen LogP contribution in [0.3, 0.4) is 0 Å². The van der Waals surface area contributed by atoms with Crippen molar-refractivity contribution in [2.75, 3.05) is 24.7 Å². The van der Waals surface area contributed by atoms with Crippen LogP contribution in [0.4, 0.5) is 6.01 Å². The third-order valence-corrected chi connectivity index (χ3v) is 8.03. The van der Waals surface area contributed by atoms with Crippen molar-refractivity contribution in [1.82, 2.24) is 14.5 Å². The minimum Gasteiger partial charge on any atom is -0.403 e. The van der Waals surface area contributed by atoms with Crippen LogP contribution in [-0.4, -0.2) is 48.2 Å². The molecule has 4 rings (SSSR count). The zero-order valence-corrected chi connectivity index (χ0v) is 19.6. The Morgan fingerprint density at radius 1 is 1.22 bits per heavy atom. The summed E-state index contributed by atoms with van der Waals surface area (Å²) in [5, 5.41) is 11.0. The van der Waals surface area contributed by atoms with E-state index >= 15 is 0 Å². The summed E-state index contributed by atoms with van der Waals surface area (Å²) >= 11 is 7.46. The van der Waals surface area contributed by atoms with E-state index in [0.717, 1.165) is 10.5 Å². The Morgan fingerprint density at radius 2 is 2.00 bits per heavy atom. The van der Waals surface area contributed by atoms with E-state index in [4.69, 9.17) is 16.0 Å². The van der Waals surface area contributed by atoms with Gasteiger partial charge < -0.3 is 4.42 Å². The third-order valence-electron chi connectivity index (χ3n) is 5.18. The first-order valence-electron chi connectivity index (χ1n) is 9.91. The van der Waals surface area contributed by atoms with Gasteiger partial charge in [0.2, 0.25) is 21.8 Å². The molecule has 1 saturated heterocycles. The number of hydrogen-bond acceptors (Lipinski definition) is 7. The van der Waals surface area contributed by atoms with Crippen molar-refractivity contribution < 1.29 is 17.6 Å². The fourth-order valence-corrected chi connectivity index (χ4v) is 5.59. The van der Waals surface area contributed by atoms with Crippen molar-refractivity contribution in [3.05, 3.63) is 53.6 Å². The second-order valence-corrected chi connectivity index (χ2v) is 10.5. The second-order valence-electron chi connectivity index (χ2n) is 7.29. The molecule has 0 bridgehead atoms. The van der Waals surface area contributed by atoms with Crippen molar-refractivity contribution in [3.63, 3.8) is 0 Å². The van der Waals surface area contributed by atoms with E-state index in [-0.39, 0.29) is 23.4 Å². The number of nitrogens with zero attached hydrogens (tertiary/aromatic N) is 3. The largest absolute Gasteiger partial charge is 0.403 e. The molecule has 32 heavy (non-hydrogen) atoms. The molecule has 0 saturated carbocycles. The fraction of sp³-hybridized carbons (Fsp3) is 0.286. The first kappa shape index (κ1) is 22.8. The summed E-state index contributed by atoms with van der Waals surface area (Å²) in [4.78, 5) is 14.0. The van der Waals surface area contributed by atoms with Gasteiger partial charge in [-0.2, -0.15) is 4.31 Å². The van der Waals surface area contributed by atoms with Gasteiger partial charge in [-0.1, -0.05) is 22.8 Å². The Balaban J connectivity index is 1.44. The van der Waals surface area contributed by atoms with E-state index in [9.17, 15) is 13.2 Å². The predicted molar refractivity (Wildman–Crippen MR) is 123 cm³/mol. The summed E-state index contributed by atoms with van der Waals surface area (Å²) in [6.45, 7) is 0.429. The first-order valence-corrected chi connectivity index (χ1v) is 13.0. The number of aromatic nitrogens is 2. The predicted octanol–water partition coefficient (Wildman–Crippen LogP) is 4.15. The van der Waals surface area contributed by atoms with Crippen molar-refractivity contribution in [1.29, 1.82) is 0 Å². The monoisotopic (exact) mass is 492 g/mol. The molecule has 1 atom stereocenters. The van der Waals surface area contributed by atoms with Crippen LogP contribution < -0.4 is 5.32 Å². The SMILES string of the molecule is CSc1cccc(-c2nnc(NC(=O)C3CCCN(S(=O)(=O)c4ccc(Cl)cc4)C3)o2)c1. The molecule has 168 valence electrons. The van der Waals surface area contributed by atoms with Crippen LogP contribution in [0.15, 0.2) is 62.7 Å². The van der Waals surface area contributed by atoms with E-state index in [1.165, 1.54) is 28.6 Å². The molecule has 1 amide bonds. The van der Waals surface area contributed by atoms with Gasteiger partial charge in [-0.05, 0) is 61.6 Å². The van der Waals surface area contributed by atoms with Crippen LogP contribution in [-0.2, 0) is 14.8 Å². The van der Waals surface area contributed by atoms with Gasteiger partial charge >= 0.3 is 6.01 Å². The highest BCUT2D eigenvalue weighted by atomic mass is 35.5. The summed E-state index contributed by atoms with van der Waals surface area (Å²) in [6, 6.07) is 13.6. The van der Waals surface area contributed by atoms with Crippen molar-refractivity contribution in [2.45, 2.75) is 22.6 Å². The van der Waals surface area contributed by atoms with Gasteiger partial charge in [0.25, 0.3) is 0 Å². The van der Waals surface area contributed by atoms with Crippen LogP contribution in [0.25, 0.3) is 11.5 Å². The zero-order valence-electron chi connectivity index (χ0n) is 17.2. The second kappa shape index (κ2) is 9.62. The van der Waals surface area contributed by atoms with Crippen LogP contribution in [0.2, 0.25) is 5.02 Å². The van der Waals surface area contributed by atoms with Crippen LogP contribution in [0.1, 0.15) is 12.8 Å². The lowest BCUT2D eigenvalue weighted by Crippen LogP contribution is -2.43. The highest BCUT2D eigenvalue weighted by Gasteiger charge is 2.33. The molecule has 0 radical (unpaired) electrons. The molecule has 0 aliphatic carbocycles. The van der Waals surface area contributed by atoms with Gasteiger partial charge in [0.15, 0.2) is 0 Å². The van der Waals surface area contributed by atoms with Gasteiger partial charge in [0.05, 0.1) is 10.8 Å². The molecule has 3 aromatic rings. The quantitative estimate of drug-likeness (QED) is 0.515. The van der Waals surface area contributed by atoms with Crippen molar-refractivity contribution >= 4 is 45.3 Å². The lowest BCUT2D eigenvalue weighted by atomic mass is 9.99. The average molecular weight is 493 g/mol. The van der Waals surface area contributed by atoms with Gasteiger partial charge in [0, 0.05) is 28.6 Å². The van der Waals surface area contributed by atoms with Gasteiger partial charge in [-0.3, -0.25) is 10.1 Å². The zero-order chi connectivity index (χ0) is 22.7. The smallest absolute Gasteiger partial charge is 0.322 e. The number of thioether (sulfide) groups is 1. The Kier molecular flexibility index (Phi) is 6.85. The number of carbonyl (C=O) groups is 1. The first-order chi connectivity index (χ1) is 15.4. The van der Waals surface area contributed by atoms with Gasteiger partial charge in [-0.15, -0.1) is 16.9 Å². The summed E-state index contributed by atoms with van der Waals surface area (Å²) in [7, 11) is -3.72. The van der Waals surface area contributed by atoms with E-state index in [1.54, 1.807) is 11.8 Å². The van der Waals surface area contributed by atoms with Crippen LogP contribution >= 0.6 is 23.4 Å². The third kappa shape index (κ3) is 4.98. The number of piperidine rings is 1. The molecule has 11 heteroatoms. The lowest BCUT2D eigenvalue weighted by molar-refractivity contribution is -0.121. The Hall–Kier alpha value is -2.40. The average Bonchev–Trinajstić information content (AvgIpc) is 3.28. The highest BCUT2D eigenvalue weighted by Crippen LogP contribution is 2.27. The molecule has 8 nitrogen and oxygen atoms in total. The van der Waals surface area contributed by atoms with Crippen LogP contribution in [0.5, 0.6) is 0 Å². The topological polar surface area (TPSA) is 105 Å². The summed E-state index contributed by atoms with van der Waals surface area (Å²) in [6.07, 6.45) is 3.11. The number of rotatable bonds is 6. The molecule has 2 heterocycles. The standard InChI is InChI=1S/C21H21ClN4O4S2/c1-31-17-6-2-4-14(12-17)20-24-25-21(30-20)23-19(27)15-5-3-11-26(13-15)32(28,29)18-9-7-16(22)8-10-18/h2,4,6-10,12,15H,3,5,11,13H2,1H3,(H,23,25,27). The number of nitrogens with one attached hydrogen (secondary N) is 1. The molecule has 1 N–H and O–H groups in total. The number of carbonyl (C=O) groups excluding carboxylic acids is 1. The van der Waals surface area contributed by atoms with Crippen LogP contribution in [0, 0.1) is 5.92 Å². The summed E-state index contributed by atoms with van der Waals surface area (Å²) in [5.41, 5.74) is 0.753. The number of amides is 1. The van der Waals surface area contributed by atoms with E-state index in [0.29, 0.717) is 30.3 Å². The molecule has 0 spiro atoms. The molecular weight excluding hydrogens is 472 g/mol. The maximum atomic E-state index is 12.9. The molecule has 2 aromatic carbocycles. The van der Waals surface area contributed by atoms with Crippen molar-refractivity contribution in [3.8, 4) is 11.5 Å². The number of hydrogen-bond donors (Lipinski definition) is 1. The summed E-state index contributed by atoms with van der Waals surface area (Å²) < 4.78 is 32.8. The molecule has 1 aromatic heterocycles. The number of sulfonamides is 1. The molecule has 1 aliphatic heterocycles. The number of halogens is 1.